The Morgan fingerprint density at radius 2 is 0.451 bits per heavy atom. The first-order chi connectivity index (χ1) is 49.5. The normalized spacial score (nSPS) is 13.8. The Hall–Kier alpha value is -1.94. The molecule has 0 rings (SSSR count). The van der Waals surface area contributed by atoms with Gasteiger partial charge < -0.3 is 33.8 Å². The fourth-order valence-electron chi connectivity index (χ4n) is 12.9. The van der Waals surface area contributed by atoms with Crippen LogP contribution in [0.1, 0.15) is 446 Å². The van der Waals surface area contributed by atoms with E-state index in [1.807, 2.05) is 0 Å². The van der Waals surface area contributed by atoms with Gasteiger partial charge in [0.2, 0.25) is 0 Å². The first kappa shape index (κ1) is 100. The van der Waals surface area contributed by atoms with Gasteiger partial charge in [0, 0.05) is 25.7 Å². The molecule has 0 aromatic carbocycles. The van der Waals surface area contributed by atoms with E-state index in [-0.39, 0.29) is 25.7 Å². The third-order valence-corrected chi connectivity index (χ3v) is 21.4. The molecule has 0 bridgehead atoms. The maximum absolute atomic E-state index is 13.1. The summed E-state index contributed by atoms with van der Waals surface area (Å²) in [5.41, 5.74) is 0. The van der Waals surface area contributed by atoms with Crippen LogP contribution in [0.4, 0.5) is 0 Å². The van der Waals surface area contributed by atoms with Gasteiger partial charge >= 0.3 is 39.5 Å². The molecule has 606 valence electrons. The van der Waals surface area contributed by atoms with Gasteiger partial charge in [-0.25, -0.2) is 9.13 Å². The molecule has 17 nitrogen and oxygen atoms in total. The lowest BCUT2D eigenvalue weighted by molar-refractivity contribution is -0.161. The zero-order valence-corrected chi connectivity index (χ0v) is 68.5. The van der Waals surface area contributed by atoms with Crippen LogP contribution in [0, 0.1) is 5.92 Å². The number of hydrogen-bond donors (Lipinski definition) is 3. The highest BCUT2D eigenvalue weighted by Crippen LogP contribution is 2.45. The molecule has 102 heavy (non-hydrogen) atoms. The van der Waals surface area contributed by atoms with Crippen LogP contribution < -0.4 is 0 Å². The SMILES string of the molecule is CCCCCCCCCCCCCCCCCCCCC(=O)O[C@H](COC(=O)CCCCCCCCCCCCCCCCC(C)C)COP(=O)(O)OC[C@@H](O)COP(=O)(O)OC[C@@H](COC(=O)CCCCCCCCCCCC)OC(=O)CCCCCCCCCCCCCCCCCCC. The molecule has 0 heterocycles. The minimum Gasteiger partial charge on any atom is -0.462 e. The van der Waals surface area contributed by atoms with Crippen molar-refractivity contribution in [1.82, 2.24) is 0 Å². The summed E-state index contributed by atoms with van der Waals surface area (Å²) >= 11 is 0. The highest BCUT2D eigenvalue weighted by molar-refractivity contribution is 7.47. The second-order valence-electron chi connectivity index (χ2n) is 30.3. The molecule has 0 spiro atoms. The van der Waals surface area contributed by atoms with Gasteiger partial charge in [-0.1, -0.05) is 394 Å². The molecule has 0 aliphatic heterocycles. The molecule has 5 atom stereocenters. The van der Waals surface area contributed by atoms with Gasteiger partial charge in [0.1, 0.15) is 19.3 Å². The lowest BCUT2D eigenvalue weighted by atomic mass is 10.0. The summed E-state index contributed by atoms with van der Waals surface area (Å²) < 4.78 is 68.8. The fraction of sp³-hybridized carbons (Fsp3) is 0.952. The smallest absolute Gasteiger partial charge is 0.462 e. The minimum absolute atomic E-state index is 0.109. The summed E-state index contributed by atoms with van der Waals surface area (Å²) in [6, 6.07) is 0. The summed E-state index contributed by atoms with van der Waals surface area (Å²) in [6.07, 6.45) is 67.9. The van der Waals surface area contributed by atoms with Gasteiger partial charge in [-0.05, 0) is 31.6 Å². The topological polar surface area (TPSA) is 237 Å². The van der Waals surface area contributed by atoms with Crippen LogP contribution in [0.3, 0.4) is 0 Å². The van der Waals surface area contributed by atoms with Crippen molar-refractivity contribution in [2.45, 2.75) is 464 Å². The third-order valence-electron chi connectivity index (χ3n) is 19.5. The van der Waals surface area contributed by atoms with Gasteiger partial charge in [-0.3, -0.25) is 37.3 Å². The summed E-state index contributed by atoms with van der Waals surface area (Å²) in [7, 11) is -9.92. The summed E-state index contributed by atoms with van der Waals surface area (Å²) in [5, 5.41) is 10.7. The molecular formula is C83H162O17P2. The monoisotopic (exact) mass is 1490 g/mol. The first-order valence-corrected chi connectivity index (χ1v) is 46.1. The molecule has 19 heteroatoms. The van der Waals surface area contributed by atoms with E-state index in [0.29, 0.717) is 25.7 Å². The number of hydrogen-bond acceptors (Lipinski definition) is 15. The van der Waals surface area contributed by atoms with Crippen molar-refractivity contribution >= 4 is 39.5 Å². The van der Waals surface area contributed by atoms with Gasteiger partial charge in [0.25, 0.3) is 0 Å². The Bertz CT molecular complexity index is 1940. The van der Waals surface area contributed by atoms with E-state index >= 15 is 0 Å². The van der Waals surface area contributed by atoms with Crippen LogP contribution in [0.2, 0.25) is 0 Å². The summed E-state index contributed by atoms with van der Waals surface area (Å²) in [6.45, 7) is 7.37. The van der Waals surface area contributed by atoms with Crippen LogP contribution in [-0.2, 0) is 65.4 Å². The number of ether oxygens (including phenoxy) is 4. The molecule has 0 radical (unpaired) electrons. The highest BCUT2D eigenvalue weighted by atomic mass is 31.2. The standard InChI is InChI=1S/C83H162O17P2/c1-6-9-12-15-18-21-24-26-28-30-32-34-40-44-49-54-59-64-69-83(88)100-79(73-94-81(86)67-62-57-52-47-42-38-36-35-37-41-45-50-55-60-65-76(4)5)75-98-102(91,92)96-71-77(84)70-95-101(89,90)97-74-78(72-93-80(85)66-61-56-51-46-23-20-17-14-11-8-3)99-82(87)68-63-58-53-48-43-39-33-31-29-27-25-22-19-16-13-10-7-2/h76-79,84H,6-75H2,1-5H3,(H,89,90)(H,91,92)/t77-,78+,79+/m0/s1. The number of esters is 4. The maximum atomic E-state index is 13.1. The van der Waals surface area contributed by atoms with E-state index < -0.39 is 97.5 Å². The molecule has 0 saturated carbocycles. The average Bonchev–Trinajstić information content (AvgIpc) is 0.915. The van der Waals surface area contributed by atoms with Gasteiger partial charge in [-0.15, -0.1) is 0 Å². The average molecular weight is 1490 g/mol. The predicted molar refractivity (Wildman–Crippen MR) is 418 cm³/mol. The lowest BCUT2D eigenvalue weighted by Gasteiger charge is -2.21. The van der Waals surface area contributed by atoms with Crippen LogP contribution in [-0.4, -0.2) is 96.7 Å². The van der Waals surface area contributed by atoms with Crippen molar-refractivity contribution in [1.29, 1.82) is 0 Å². The Balaban J connectivity index is 5.23. The molecule has 2 unspecified atom stereocenters. The molecular weight excluding hydrogens is 1330 g/mol. The zero-order valence-electron chi connectivity index (χ0n) is 66.8. The molecule has 0 saturated heterocycles. The van der Waals surface area contributed by atoms with E-state index in [1.165, 1.54) is 270 Å². The molecule has 0 aliphatic rings. The first-order valence-electron chi connectivity index (χ1n) is 43.1. The van der Waals surface area contributed by atoms with Gasteiger partial charge in [0.15, 0.2) is 12.2 Å². The second-order valence-corrected chi connectivity index (χ2v) is 33.3. The zero-order chi connectivity index (χ0) is 74.8. The van der Waals surface area contributed by atoms with Crippen molar-refractivity contribution in [3.05, 3.63) is 0 Å². The summed E-state index contributed by atoms with van der Waals surface area (Å²) in [4.78, 5) is 73.1. The predicted octanol–water partition coefficient (Wildman–Crippen LogP) is 25.2. The number of unbranched alkanes of at least 4 members (excludes halogenated alkanes) is 55. The molecule has 0 fully saturated rings. The number of rotatable bonds is 83. The minimum atomic E-state index is -4.96. The number of carbonyl (C=O) groups is 4. The molecule has 0 aliphatic carbocycles. The van der Waals surface area contributed by atoms with Crippen LogP contribution >= 0.6 is 15.6 Å². The molecule has 0 aromatic heterocycles. The number of phosphoric ester groups is 2. The van der Waals surface area contributed by atoms with E-state index in [0.717, 1.165) is 95.8 Å². The van der Waals surface area contributed by atoms with Crippen molar-refractivity contribution in [2.75, 3.05) is 39.6 Å². The van der Waals surface area contributed by atoms with Crippen LogP contribution in [0.15, 0.2) is 0 Å². The van der Waals surface area contributed by atoms with E-state index in [1.54, 1.807) is 0 Å². The number of aliphatic hydroxyl groups excluding tert-OH is 1. The highest BCUT2D eigenvalue weighted by Gasteiger charge is 2.30. The molecule has 0 aromatic rings. The van der Waals surface area contributed by atoms with E-state index in [2.05, 4.69) is 34.6 Å². The largest absolute Gasteiger partial charge is 0.472 e. The van der Waals surface area contributed by atoms with Gasteiger partial charge in [-0.2, -0.15) is 0 Å². The number of aliphatic hydroxyl groups is 1. The Labute approximate surface area is 626 Å². The Kier molecular flexibility index (Phi) is 74.4. The van der Waals surface area contributed by atoms with Crippen molar-refractivity contribution < 1.29 is 80.2 Å². The lowest BCUT2D eigenvalue weighted by Crippen LogP contribution is -2.30. The third kappa shape index (κ3) is 76.3. The fourth-order valence-corrected chi connectivity index (χ4v) is 14.5. The van der Waals surface area contributed by atoms with Crippen molar-refractivity contribution in [3.63, 3.8) is 0 Å². The van der Waals surface area contributed by atoms with Crippen molar-refractivity contribution in [2.24, 2.45) is 5.92 Å². The molecule has 3 N–H and O–H groups in total. The van der Waals surface area contributed by atoms with Crippen molar-refractivity contribution in [3.8, 4) is 0 Å². The summed E-state index contributed by atoms with van der Waals surface area (Å²) in [5.74, 6) is -1.30. The van der Waals surface area contributed by atoms with E-state index in [9.17, 15) is 43.2 Å². The quantitative estimate of drug-likeness (QED) is 0.0222. The second kappa shape index (κ2) is 75.9. The number of phosphoric acid groups is 2. The Morgan fingerprint density at radius 1 is 0.265 bits per heavy atom. The van der Waals surface area contributed by atoms with E-state index in [4.69, 9.17) is 37.0 Å². The van der Waals surface area contributed by atoms with Crippen LogP contribution in [0.25, 0.3) is 0 Å². The Morgan fingerprint density at radius 3 is 0.667 bits per heavy atom. The maximum Gasteiger partial charge on any atom is 0.472 e. The molecule has 0 amide bonds. The van der Waals surface area contributed by atoms with Gasteiger partial charge in [0.05, 0.1) is 26.4 Å². The number of carbonyl (C=O) groups excluding carboxylic acids is 4. The van der Waals surface area contributed by atoms with Crippen LogP contribution in [0.5, 0.6) is 0 Å².